The molecule has 1 aromatic rings. The van der Waals surface area contributed by atoms with Crippen molar-refractivity contribution in [2.24, 2.45) is 0 Å². The molecular weight excluding hydrogens is 233 g/mol. The molecular formula is C12H15F3O2. The van der Waals surface area contributed by atoms with Gasteiger partial charge in [0.25, 0.3) is 0 Å². The molecule has 0 bridgehead atoms. The topological polar surface area (TPSA) is 29.5 Å². The summed E-state index contributed by atoms with van der Waals surface area (Å²) in [7, 11) is 0. The Hall–Kier alpha value is -1.23. The van der Waals surface area contributed by atoms with E-state index >= 15 is 0 Å². The van der Waals surface area contributed by atoms with Crippen LogP contribution in [0.5, 0.6) is 5.75 Å². The number of halogens is 3. The largest absolute Gasteiger partial charge is 0.493 e. The maximum absolute atomic E-state index is 11.9. The minimum absolute atomic E-state index is 0.376. The Kier molecular flexibility index (Phi) is 4.81. The van der Waals surface area contributed by atoms with Crippen molar-refractivity contribution < 1.29 is 23.0 Å². The lowest BCUT2D eigenvalue weighted by Gasteiger charge is -2.11. The third kappa shape index (κ3) is 5.08. The molecule has 5 heteroatoms. The highest BCUT2D eigenvalue weighted by molar-refractivity contribution is 5.28. The molecule has 0 saturated heterocycles. The van der Waals surface area contributed by atoms with E-state index in [1.165, 1.54) is 0 Å². The number of rotatable bonds is 5. The lowest BCUT2D eigenvalue weighted by atomic mass is 10.1. The van der Waals surface area contributed by atoms with Crippen LogP contribution in [0.1, 0.15) is 31.4 Å². The molecule has 1 atom stereocenters. The number of alkyl halides is 3. The fourth-order valence-corrected chi connectivity index (χ4v) is 1.31. The highest BCUT2D eigenvalue weighted by atomic mass is 19.4. The molecule has 0 aliphatic rings. The van der Waals surface area contributed by atoms with Crippen LogP contribution in [0.25, 0.3) is 0 Å². The average molecular weight is 248 g/mol. The van der Waals surface area contributed by atoms with Crippen LogP contribution in [-0.2, 0) is 0 Å². The summed E-state index contributed by atoms with van der Waals surface area (Å²) in [5.74, 6) is 0.376. The Balaban J connectivity index is 2.46. The third-order valence-corrected chi connectivity index (χ3v) is 2.31. The summed E-state index contributed by atoms with van der Waals surface area (Å²) in [6, 6.07) is 6.42. The summed E-state index contributed by atoms with van der Waals surface area (Å²) in [6.07, 6.45) is -5.11. The molecule has 1 rings (SSSR count). The van der Waals surface area contributed by atoms with E-state index in [0.29, 0.717) is 12.2 Å². The first-order valence-corrected chi connectivity index (χ1v) is 5.40. The van der Waals surface area contributed by atoms with Gasteiger partial charge in [-0.15, -0.1) is 0 Å². The van der Waals surface area contributed by atoms with E-state index in [4.69, 9.17) is 4.74 Å². The van der Waals surface area contributed by atoms with E-state index in [0.717, 1.165) is 5.56 Å². The first-order valence-electron chi connectivity index (χ1n) is 5.40. The SMILES string of the molecule is CC[C@@H](O)c1ccc(OCCC(F)(F)F)cc1. The van der Waals surface area contributed by atoms with Crippen molar-refractivity contribution in [1.82, 2.24) is 0 Å². The zero-order valence-corrected chi connectivity index (χ0v) is 9.50. The van der Waals surface area contributed by atoms with Crippen molar-refractivity contribution >= 4 is 0 Å². The molecule has 0 radical (unpaired) electrons. The summed E-state index contributed by atoms with van der Waals surface area (Å²) in [5, 5.41) is 9.51. The van der Waals surface area contributed by atoms with Gasteiger partial charge in [-0.1, -0.05) is 19.1 Å². The second-order valence-corrected chi connectivity index (χ2v) is 3.71. The summed E-state index contributed by atoms with van der Waals surface area (Å²) in [4.78, 5) is 0. The Morgan fingerprint density at radius 3 is 2.29 bits per heavy atom. The van der Waals surface area contributed by atoms with Gasteiger partial charge < -0.3 is 9.84 Å². The Morgan fingerprint density at radius 1 is 1.24 bits per heavy atom. The second kappa shape index (κ2) is 5.91. The van der Waals surface area contributed by atoms with Gasteiger partial charge in [0.05, 0.1) is 19.1 Å². The predicted octanol–water partition coefficient (Wildman–Crippen LogP) is 3.46. The van der Waals surface area contributed by atoms with E-state index in [9.17, 15) is 18.3 Å². The second-order valence-electron chi connectivity index (χ2n) is 3.71. The van der Waals surface area contributed by atoms with Gasteiger partial charge in [-0.25, -0.2) is 0 Å². The van der Waals surface area contributed by atoms with Crippen molar-refractivity contribution in [2.75, 3.05) is 6.61 Å². The molecule has 17 heavy (non-hydrogen) atoms. The number of aliphatic hydroxyl groups excluding tert-OH is 1. The molecule has 96 valence electrons. The number of benzene rings is 1. The van der Waals surface area contributed by atoms with Crippen molar-refractivity contribution in [2.45, 2.75) is 32.0 Å². The van der Waals surface area contributed by atoms with Crippen molar-refractivity contribution in [3.05, 3.63) is 29.8 Å². The lowest BCUT2D eigenvalue weighted by Crippen LogP contribution is -2.13. The predicted molar refractivity (Wildman–Crippen MR) is 57.9 cm³/mol. The van der Waals surface area contributed by atoms with Crippen LogP contribution in [-0.4, -0.2) is 17.9 Å². The van der Waals surface area contributed by atoms with Gasteiger partial charge in [0.1, 0.15) is 5.75 Å². The molecule has 0 unspecified atom stereocenters. The molecule has 0 heterocycles. The van der Waals surface area contributed by atoms with Gasteiger partial charge in [-0.05, 0) is 24.1 Å². The van der Waals surface area contributed by atoms with E-state index < -0.39 is 18.7 Å². The third-order valence-electron chi connectivity index (χ3n) is 2.31. The fourth-order valence-electron chi connectivity index (χ4n) is 1.31. The molecule has 0 fully saturated rings. The van der Waals surface area contributed by atoms with Crippen molar-refractivity contribution in [3.8, 4) is 5.75 Å². The van der Waals surface area contributed by atoms with E-state index in [2.05, 4.69) is 0 Å². The highest BCUT2D eigenvalue weighted by Crippen LogP contribution is 2.22. The normalized spacial score (nSPS) is 13.5. The number of aliphatic hydroxyl groups is 1. The summed E-state index contributed by atoms with van der Waals surface area (Å²) >= 11 is 0. The summed E-state index contributed by atoms with van der Waals surface area (Å²) < 4.78 is 40.5. The van der Waals surface area contributed by atoms with Gasteiger partial charge in [0, 0.05) is 0 Å². The van der Waals surface area contributed by atoms with Crippen LogP contribution in [0.3, 0.4) is 0 Å². The molecule has 0 amide bonds. The molecule has 0 saturated carbocycles. The maximum atomic E-state index is 11.9. The van der Waals surface area contributed by atoms with E-state index in [1.54, 1.807) is 24.3 Å². The molecule has 0 spiro atoms. The van der Waals surface area contributed by atoms with E-state index in [1.807, 2.05) is 6.92 Å². The lowest BCUT2D eigenvalue weighted by molar-refractivity contribution is -0.139. The average Bonchev–Trinajstić information content (AvgIpc) is 2.27. The molecule has 2 nitrogen and oxygen atoms in total. The Labute approximate surface area is 98.0 Å². The maximum Gasteiger partial charge on any atom is 0.392 e. The first kappa shape index (κ1) is 13.8. The number of hydrogen-bond donors (Lipinski definition) is 1. The molecule has 1 N–H and O–H groups in total. The Bertz CT molecular complexity index is 333. The molecule has 1 aromatic carbocycles. The molecule has 0 aliphatic heterocycles. The molecule has 0 aromatic heterocycles. The van der Waals surface area contributed by atoms with Gasteiger partial charge in [0.2, 0.25) is 0 Å². The minimum Gasteiger partial charge on any atom is -0.493 e. The summed E-state index contributed by atoms with van der Waals surface area (Å²) in [6.45, 7) is 1.46. The monoisotopic (exact) mass is 248 g/mol. The number of hydrogen-bond acceptors (Lipinski definition) is 2. The van der Waals surface area contributed by atoms with Crippen LogP contribution >= 0.6 is 0 Å². The Morgan fingerprint density at radius 2 is 1.82 bits per heavy atom. The highest BCUT2D eigenvalue weighted by Gasteiger charge is 2.26. The zero-order valence-electron chi connectivity index (χ0n) is 9.50. The smallest absolute Gasteiger partial charge is 0.392 e. The van der Waals surface area contributed by atoms with Crippen LogP contribution in [0.2, 0.25) is 0 Å². The van der Waals surface area contributed by atoms with Gasteiger partial charge in [-0.3, -0.25) is 0 Å². The summed E-state index contributed by atoms with van der Waals surface area (Å²) in [5.41, 5.74) is 0.732. The first-order chi connectivity index (χ1) is 7.92. The van der Waals surface area contributed by atoms with Gasteiger partial charge in [0.15, 0.2) is 0 Å². The van der Waals surface area contributed by atoms with E-state index in [-0.39, 0.29) is 6.61 Å². The molecule has 0 aliphatic carbocycles. The van der Waals surface area contributed by atoms with Crippen LogP contribution < -0.4 is 4.74 Å². The quantitative estimate of drug-likeness (QED) is 0.864. The standard InChI is InChI=1S/C12H15F3O2/c1-2-11(16)9-3-5-10(6-4-9)17-8-7-12(13,14)15/h3-6,11,16H,2,7-8H2,1H3/t11-/m1/s1. The van der Waals surface area contributed by atoms with Crippen LogP contribution in [0, 0.1) is 0 Å². The number of ether oxygens (including phenoxy) is 1. The van der Waals surface area contributed by atoms with Gasteiger partial charge >= 0.3 is 6.18 Å². The van der Waals surface area contributed by atoms with Crippen LogP contribution in [0.15, 0.2) is 24.3 Å². The zero-order chi connectivity index (χ0) is 12.9. The fraction of sp³-hybridized carbons (Fsp3) is 0.500. The van der Waals surface area contributed by atoms with Gasteiger partial charge in [-0.2, -0.15) is 13.2 Å². The minimum atomic E-state index is -4.20. The van der Waals surface area contributed by atoms with Crippen LogP contribution in [0.4, 0.5) is 13.2 Å². The van der Waals surface area contributed by atoms with Crippen molar-refractivity contribution in [1.29, 1.82) is 0 Å². The van der Waals surface area contributed by atoms with Crippen molar-refractivity contribution in [3.63, 3.8) is 0 Å².